The zero-order chi connectivity index (χ0) is 15.3. The van der Waals surface area contributed by atoms with Crippen molar-refractivity contribution in [3.05, 3.63) is 29.8 Å². The molecule has 0 saturated heterocycles. The molecule has 0 atom stereocenters. The quantitative estimate of drug-likeness (QED) is 0.751. The summed E-state index contributed by atoms with van der Waals surface area (Å²) in [7, 11) is 0. The van der Waals surface area contributed by atoms with Crippen LogP contribution in [0, 0.1) is 5.41 Å². The minimum atomic E-state index is -0.847. The van der Waals surface area contributed by atoms with Gasteiger partial charge in [-0.15, -0.1) is 0 Å². The monoisotopic (exact) mass is 291 g/mol. The summed E-state index contributed by atoms with van der Waals surface area (Å²) in [4.78, 5) is 23.3. The summed E-state index contributed by atoms with van der Waals surface area (Å²) in [6, 6.07) is 7.07. The third-order valence-corrected chi connectivity index (χ3v) is 4.19. The highest BCUT2D eigenvalue weighted by molar-refractivity contribution is 5.92. The molecule has 1 aromatic carbocycles. The van der Waals surface area contributed by atoms with Crippen molar-refractivity contribution in [1.29, 1.82) is 0 Å². The second-order valence-corrected chi connectivity index (χ2v) is 5.82. The number of carboxylic acids is 1. The minimum absolute atomic E-state index is 0.0437. The number of rotatable bonds is 6. The van der Waals surface area contributed by atoms with E-state index in [4.69, 9.17) is 5.11 Å². The van der Waals surface area contributed by atoms with E-state index in [0.717, 1.165) is 25.7 Å². The van der Waals surface area contributed by atoms with Gasteiger partial charge in [0.15, 0.2) is 0 Å². The number of para-hydroxylation sites is 1. The zero-order valence-electron chi connectivity index (χ0n) is 12.0. The van der Waals surface area contributed by atoms with Gasteiger partial charge < -0.3 is 15.5 Å². The highest BCUT2D eigenvalue weighted by Gasteiger charge is 2.38. The average Bonchev–Trinajstić information content (AvgIpc) is 2.86. The Morgan fingerprint density at radius 3 is 2.43 bits per heavy atom. The van der Waals surface area contributed by atoms with E-state index in [1.165, 1.54) is 0 Å². The number of hydrogen-bond acceptors (Lipinski definition) is 3. The average molecular weight is 291 g/mol. The van der Waals surface area contributed by atoms with Crippen LogP contribution in [0.2, 0.25) is 0 Å². The molecule has 3 N–H and O–H groups in total. The summed E-state index contributed by atoms with van der Waals surface area (Å²) in [6.45, 7) is -0.142. The van der Waals surface area contributed by atoms with Gasteiger partial charge in [-0.25, -0.2) is 0 Å². The molecule has 0 aromatic heterocycles. The van der Waals surface area contributed by atoms with Crippen LogP contribution in [0.3, 0.4) is 0 Å². The van der Waals surface area contributed by atoms with E-state index in [1.807, 2.05) is 0 Å². The first-order valence-corrected chi connectivity index (χ1v) is 7.25. The number of anilines is 1. The predicted molar refractivity (Wildman–Crippen MR) is 78.8 cm³/mol. The molecule has 1 fully saturated rings. The fraction of sp³-hybridized carbons (Fsp3) is 0.500. The van der Waals surface area contributed by atoms with Crippen molar-refractivity contribution in [2.45, 2.75) is 45.1 Å². The molecular weight excluding hydrogens is 270 g/mol. The maximum absolute atomic E-state index is 12.2. The molecule has 0 unspecified atom stereocenters. The summed E-state index contributed by atoms with van der Waals surface area (Å²) in [6.07, 6.45) is 3.80. The van der Waals surface area contributed by atoms with Crippen LogP contribution < -0.4 is 5.32 Å². The molecule has 0 bridgehead atoms. The van der Waals surface area contributed by atoms with Crippen LogP contribution in [-0.4, -0.2) is 22.1 Å². The number of carbonyl (C=O) groups is 2. The fourth-order valence-corrected chi connectivity index (χ4v) is 3.18. The highest BCUT2D eigenvalue weighted by Crippen LogP contribution is 2.44. The van der Waals surface area contributed by atoms with Gasteiger partial charge in [-0.1, -0.05) is 31.0 Å². The van der Waals surface area contributed by atoms with Crippen LogP contribution in [0.25, 0.3) is 0 Å². The molecule has 1 aliphatic carbocycles. The van der Waals surface area contributed by atoms with Gasteiger partial charge in [0, 0.05) is 17.7 Å². The van der Waals surface area contributed by atoms with Gasteiger partial charge in [0.1, 0.15) is 0 Å². The SMILES string of the molecule is O=C(O)CC1(CC(=O)Nc2ccccc2CO)CCCC1. The Balaban J connectivity index is 2.04. The fourth-order valence-electron chi connectivity index (χ4n) is 3.18. The first kappa shape index (κ1) is 15.5. The zero-order valence-corrected chi connectivity index (χ0v) is 12.0. The topological polar surface area (TPSA) is 86.6 Å². The lowest BCUT2D eigenvalue weighted by atomic mass is 9.79. The van der Waals surface area contributed by atoms with E-state index < -0.39 is 11.4 Å². The molecule has 21 heavy (non-hydrogen) atoms. The number of nitrogens with one attached hydrogen (secondary N) is 1. The van der Waals surface area contributed by atoms with Crippen LogP contribution in [0.5, 0.6) is 0 Å². The Hall–Kier alpha value is -1.88. The van der Waals surface area contributed by atoms with Crippen LogP contribution in [0.15, 0.2) is 24.3 Å². The lowest BCUT2D eigenvalue weighted by molar-refractivity contribution is -0.140. The standard InChI is InChI=1S/C16H21NO4/c18-11-12-5-1-2-6-13(12)17-14(19)9-16(10-15(20)21)7-3-4-8-16/h1-2,5-6,18H,3-4,7-11H2,(H,17,19)(H,20,21). The van der Waals surface area contributed by atoms with E-state index in [0.29, 0.717) is 11.3 Å². The van der Waals surface area contributed by atoms with E-state index in [2.05, 4.69) is 5.32 Å². The summed E-state index contributed by atoms with van der Waals surface area (Å²) in [5.41, 5.74) is 0.836. The number of aliphatic carboxylic acids is 1. The number of amides is 1. The van der Waals surface area contributed by atoms with E-state index in [9.17, 15) is 14.7 Å². The van der Waals surface area contributed by atoms with Crippen molar-refractivity contribution in [3.8, 4) is 0 Å². The highest BCUT2D eigenvalue weighted by atomic mass is 16.4. The maximum Gasteiger partial charge on any atom is 0.303 e. The van der Waals surface area contributed by atoms with Crippen LogP contribution in [-0.2, 0) is 16.2 Å². The first-order chi connectivity index (χ1) is 10.0. The van der Waals surface area contributed by atoms with E-state index in [-0.39, 0.29) is 25.4 Å². The molecule has 0 spiro atoms. The van der Waals surface area contributed by atoms with Gasteiger partial charge in [-0.05, 0) is 24.3 Å². The number of aliphatic hydroxyl groups excluding tert-OH is 1. The van der Waals surface area contributed by atoms with Crippen molar-refractivity contribution in [2.24, 2.45) is 5.41 Å². The predicted octanol–water partition coefficient (Wildman–Crippen LogP) is 2.54. The van der Waals surface area contributed by atoms with Gasteiger partial charge in [0.2, 0.25) is 5.91 Å². The molecule has 2 rings (SSSR count). The smallest absolute Gasteiger partial charge is 0.303 e. The Morgan fingerprint density at radius 2 is 1.81 bits per heavy atom. The number of aliphatic hydroxyl groups is 1. The Labute approximate surface area is 124 Å². The van der Waals surface area contributed by atoms with Crippen molar-refractivity contribution >= 4 is 17.6 Å². The summed E-state index contributed by atoms with van der Waals surface area (Å²) < 4.78 is 0. The Kier molecular flexibility index (Phi) is 4.96. The molecular formula is C16H21NO4. The summed E-state index contributed by atoms with van der Waals surface area (Å²) >= 11 is 0. The normalized spacial score (nSPS) is 16.6. The van der Waals surface area contributed by atoms with E-state index in [1.54, 1.807) is 24.3 Å². The number of hydrogen-bond donors (Lipinski definition) is 3. The minimum Gasteiger partial charge on any atom is -0.481 e. The van der Waals surface area contributed by atoms with Gasteiger partial charge in [0.25, 0.3) is 0 Å². The largest absolute Gasteiger partial charge is 0.481 e. The second kappa shape index (κ2) is 6.72. The molecule has 5 heteroatoms. The molecule has 1 aromatic rings. The van der Waals surface area contributed by atoms with Crippen molar-refractivity contribution in [3.63, 3.8) is 0 Å². The molecule has 0 aliphatic heterocycles. The van der Waals surface area contributed by atoms with Gasteiger partial charge >= 0.3 is 5.97 Å². The second-order valence-electron chi connectivity index (χ2n) is 5.82. The Morgan fingerprint density at radius 1 is 1.14 bits per heavy atom. The molecule has 1 amide bonds. The molecule has 5 nitrogen and oxygen atoms in total. The van der Waals surface area contributed by atoms with E-state index >= 15 is 0 Å². The van der Waals surface area contributed by atoms with Gasteiger partial charge in [0.05, 0.1) is 13.0 Å². The molecule has 1 saturated carbocycles. The Bertz CT molecular complexity index is 521. The van der Waals surface area contributed by atoms with Crippen LogP contribution >= 0.6 is 0 Å². The van der Waals surface area contributed by atoms with Gasteiger partial charge in [-0.3, -0.25) is 9.59 Å². The van der Waals surface area contributed by atoms with Crippen molar-refractivity contribution in [2.75, 3.05) is 5.32 Å². The van der Waals surface area contributed by atoms with Crippen molar-refractivity contribution in [1.82, 2.24) is 0 Å². The molecule has 114 valence electrons. The molecule has 0 radical (unpaired) electrons. The number of benzene rings is 1. The van der Waals surface area contributed by atoms with Crippen LogP contribution in [0.4, 0.5) is 5.69 Å². The molecule has 1 aliphatic rings. The summed E-state index contributed by atoms with van der Waals surface area (Å²) in [5, 5.41) is 21.1. The lowest BCUT2D eigenvalue weighted by Crippen LogP contribution is -2.28. The van der Waals surface area contributed by atoms with Gasteiger partial charge in [-0.2, -0.15) is 0 Å². The maximum atomic E-state index is 12.2. The lowest BCUT2D eigenvalue weighted by Gasteiger charge is -2.26. The molecule has 0 heterocycles. The first-order valence-electron chi connectivity index (χ1n) is 7.25. The van der Waals surface area contributed by atoms with Crippen LogP contribution in [0.1, 0.15) is 44.1 Å². The summed E-state index contributed by atoms with van der Waals surface area (Å²) in [5.74, 6) is -1.03. The number of carbonyl (C=O) groups excluding carboxylic acids is 1. The third kappa shape index (κ3) is 4.04. The number of carboxylic acid groups (broad SMARTS) is 1. The van der Waals surface area contributed by atoms with Crippen molar-refractivity contribution < 1.29 is 19.8 Å². The third-order valence-electron chi connectivity index (χ3n) is 4.19.